The lowest BCUT2D eigenvalue weighted by atomic mass is 10.1. The second kappa shape index (κ2) is 11.7. The van der Waals surface area contributed by atoms with Crippen molar-refractivity contribution in [2.75, 3.05) is 13.1 Å². The number of carbonyl (C=O) groups excluding carboxylic acids is 1. The van der Waals surface area contributed by atoms with Crippen molar-refractivity contribution in [2.24, 2.45) is 4.99 Å². The third-order valence-electron chi connectivity index (χ3n) is 4.77. The van der Waals surface area contributed by atoms with E-state index in [9.17, 15) is 9.18 Å². The largest absolute Gasteiger partial charge is 0.357 e. The molecule has 1 aliphatic heterocycles. The molecule has 156 valence electrons. The summed E-state index contributed by atoms with van der Waals surface area (Å²) in [4.78, 5) is 18.4. The number of carbonyl (C=O) groups is 1. The topological polar surface area (TPSA) is 56.7 Å². The van der Waals surface area contributed by atoms with Crippen LogP contribution in [0.1, 0.15) is 36.5 Å². The molecule has 0 radical (unpaired) electrons. The molecule has 0 atom stereocenters. The van der Waals surface area contributed by atoms with E-state index in [1.807, 2.05) is 24.0 Å². The molecule has 1 saturated heterocycles. The van der Waals surface area contributed by atoms with E-state index in [4.69, 9.17) is 0 Å². The average molecular weight is 510 g/mol. The summed E-state index contributed by atoms with van der Waals surface area (Å²) in [5.74, 6) is 0.696. The van der Waals surface area contributed by atoms with Crippen molar-refractivity contribution in [3.05, 3.63) is 71.0 Å². The van der Waals surface area contributed by atoms with Crippen molar-refractivity contribution in [1.29, 1.82) is 0 Å². The molecule has 7 heteroatoms. The van der Waals surface area contributed by atoms with Crippen LogP contribution in [0.5, 0.6) is 0 Å². The van der Waals surface area contributed by atoms with Gasteiger partial charge in [0.15, 0.2) is 5.96 Å². The van der Waals surface area contributed by atoms with Crippen LogP contribution in [-0.2, 0) is 24.4 Å². The van der Waals surface area contributed by atoms with Crippen LogP contribution in [0.3, 0.4) is 0 Å². The molecule has 0 bridgehead atoms. The highest BCUT2D eigenvalue weighted by Gasteiger charge is 2.20. The minimum absolute atomic E-state index is 0. The number of nitrogens with zero attached hydrogens (tertiary/aromatic N) is 2. The molecule has 2 aromatic rings. The summed E-state index contributed by atoms with van der Waals surface area (Å²) in [5, 5.41) is 6.59. The SMILES string of the molecule is CCNC(=NCc1ccc(F)cc1)NCc1ccccc1CN1CCCC1=O.I. The Kier molecular flexibility index (Phi) is 9.37. The van der Waals surface area contributed by atoms with Crippen LogP contribution >= 0.6 is 24.0 Å². The normalized spacial score (nSPS) is 13.9. The Balaban J connectivity index is 0.00000300. The Morgan fingerprint density at radius 2 is 1.83 bits per heavy atom. The van der Waals surface area contributed by atoms with Crippen molar-refractivity contribution in [1.82, 2.24) is 15.5 Å². The minimum Gasteiger partial charge on any atom is -0.357 e. The lowest BCUT2D eigenvalue weighted by Crippen LogP contribution is -2.37. The van der Waals surface area contributed by atoms with Gasteiger partial charge in [-0.05, 0) is 42.2 Å². The molecule has 3 rings (SSSR count). The Morgan fingerprint density at radius 3 is 2.48 bits per heavy atom. The van der Waals surface area contributed by atoms with E-state index in [0.717, 1.165) is 36.2 Å². The fraction of sp³-hybridized carbons (Fsp3) is 0.364. The Bertz CT molecular complexity index is 826. The first-order valence-corrected chi connectivity index (χ1v) is 9.77. The van der Waals surface area contributed by atoms with Crippen LogP contribution in [0.4, 0.5) is 4.39 Å². The highest BCUT2D eigenvalue weighted by atomic mass is 127. The molecule has 5 nitrogen and oxygen atoms in total. The van der Waals surface area contributed by atoms with Crippen LogP contribution in [0, 0.1) is 5.82 Å². The average Bonchev–Trinajstić information content (AvgIpc) is 3.11. The summed E-state index contributed by atoms with van der Waals surface area (Å²) in [5.41, 5.74) is 3.25. The van der Waals surface area contributed by atoms with E-state index in [2.05, 4.69) is 27.8 Å². The Morgan fingerprint density at radius 1 is 1.10 bits per heavy atom. The summed E-state index contributed by atoms with van der Waals surface area (Å²) in [6.07, 6.45) is 1.60. The zero-order valence-electron chi connectivity index (χ0n) is 16.7. The van der Waals surface area contributed by atoms with Crippen molar-refractivity contribution in [3.8, 4) is 0 Å². The number of hydrogen-bond acceptors (Lipinski definition) is 2. The zero-order chi connectivity index (χ0) is 19.8. The van der Waals surface area contributed by atoms with Gasteiger partial charge in [0.25, 0.3) is 0 Å². The first-order chi connectivity index (χ1) is 13.7. The molecular formula is C22H28FIN4O. The minimum atomic E-state index is -0.245. The predicted molar refractivity (Wildman–Crippen MR) is 125 cm³/mol. The molecule has 29 heavy (non-hydrogen) atoms. The van der Waals surface area contributed by atoms with E-state index < -0.39 is 0 Å². The number of aliphatic imine (C=N–C) groups is 1. The molecule has 0 aliphatic carbocycles. The molecule has 2 aromatic carbocycles. The third kappa shape index (κ3) is 6.99. The fourth-order valence-electron chi connectivity index (χ4n) is 3.24. The molecule has 1 amide bonds. The maximum absolute atomic E-state index is 13.0. The van der Waals surface area contributed by atoms with Gasteiger partial charge in [-0.3, -0.25) is 4.79 Å². The van der Waals surface area contributed by atoms with Gasteiger partial charge in [-0.25, -0.2) is 9.38 Å². The number of hydrogen-bond donors (Lipinski definition) is 2. The van der Waals surface area contributed by atoms with Gasteiger partial charge in [0.2, 0.25) is 5.91 Å². The van der Waals surface area contributed by atoms with Gasteiger partial charge in [-0.15, -0.1) is 24.0 Å². The Hall–Kier alpha value is -2.16. The van der Waals surface area contributed by atoms with Crippen LogP contribution in [0.2, 0.25) is 0 Å². The number of rotatable bonds is 7. The molecule has 0 saturated carbocycles. The van der Waals surface area contributed by atoms with Gasteiger partial charge >= 0.3 is 0 Å². The second-order valence-corrected chi connectivity index (χ2v) is 6.86. The van der Waals surface area contributed by atoms with Gasteiger partial charge in [0, 0.05) is 32.6 Å². The zero-order valence-corrected chi connectivity index (χ0v) is 19.0. The molecule has 0 aromatic heterocycles. The molecular weight excluding hydrogens is 482 g/mol. The lowest BCUT2D eigenvalue weighted by molar-refractivity contribution is -0.128. The highest BCUT2D eigenvalue weighted by molar-refractivity contribution is 14.0. The second-order valence-electron chi connectivity index (χ2n) is 6.86. The lowest BCUT2D eigenvalue weighted by Gasteiger charge is -2.19. The maximum Gasteiger partial charge on any atom is 0.222 e. The van der Waals surface area contributed by atoms with E-state index in [-0.39, 0.29) is 35.7 Å². The quantitative estimate of drug-likeness (QED) is 0.339. The molecule has 1 aliphatic rings. The van der Waals surface area contributed by atoms with E-state index in [1.54, 1.807) is 12.1 Å². The molecule has 1 heterocycles. The van der Waals surface area contributed by atoms with Crippen molar-refractivity contribution in [3.63, 3.8) is 0 Å². The summed E-state index contributed by atoms with van der Waals surface area (Å²) in [6, 6.07) is 14.5. The number of guanidine groups is 1. The fourth-order valence-corrected chi connectivity index (χ4v) is 3.24. The standard InChI is InChI=1S/C22H27FN4O.HI/c1-2-24-22(25-14-17-9-11-20(23)12-10-17)26-15-18-6-3-4-7-19(18)16-27-13-5-8-21(27)28;/h3-4,6-7,9-12H,2,5,8,13-16H2,1H3,(H2,24,25,26);1H. The molecule has 0 unspecified atom stereocenters. The number of halogens is 2. The smallest absolute Gasteiger partial charge is 0.222 e. The van der Waals surface area contributed by atoms with Crippen molar-refractivity contribution >= 4 is 35.8 Å². The monoisotopic (exact) mass is 510 g/mol. The molecule has 0 spiro atoms. The van der Waals surface area contributed by atoms with E-state index in [0.29, 0.717) is 32.0 Å². The summed E-state index contributed by atoms with van der Waals surface area (Å²) >= 11 is 0. The van der Waals surface area contributed by atoms with Crippen LogP contribution in [0.25, 0.3) is 0 Å². The van der Waals surface area contributed by atoms with Crippen LogP contribution in [0.15, 0.2) is 53.5 Å². The van der Waals surface area contributed by atoms with Gasteiger partial charge in [0.1, 0.15) is 5.82 Å². The van der Waals surface area contributed by atoms with Gasteiger partial charge < -0.3 is 15.5 Å². The first-order valence-electron chi connectivity index (χ1n) is 9.77. The first kappa shape index (κ1) is 23.1. The van der Waals surface area contributed by atoms with E-state index >= 15 is 0 Å². The van der Waals surface area contributed by atoms with Crippen molar-refractivity contribution < 1.29 is 9.18 Å². The highest BCUT2D eigenvalue weighted by Crippen LogP contribution is 2.17. The summed E-state index contributed by atoms with van der Waals surface area (Å²) < 4.78 is 13.0. The van der Waals surface area contributed by atoms with Gasteiger partial charge in [-0.2, -0.15) is 0 Å². The number of amides is 1. The number of nitrogens with one attached hydrogen (secondary N) is 2. The van der Waals surface area contributed by atoms with Crippen LogP contribution in [-0.4, -0.2) is 29.9 Å². The van der Waals surface area contributed by atoms with Crippen LogP contribution < -0.4 is 10.6 Å². The number of likely N-dealkylation sites (tertiary alicyclic amines) is 1. The number of benzene rings is 2. The Labute approximate surface area is 188 Å². The summed E-state index contributed by atoms with van der Waals surface area (Å²) in [6.45, 7) is 5.34. The third-order valence-corrected chi connectivity index (χ3v) is 4.77. The predicted octanol–water partition coefficient (Wildman–Crippen LogP) is 3.82. The van der Waals surface area contributed by atoms with Gasteiger partial charge in [-0.1, -0.05) is 36.4 Å². The maximum atomic E-state index is 13.0. The van der Waals surface area contributed by atoms with Crippen molar-refractivity contribution in [2.45, 2.75) is 39.4 Å². The van der Waals surface area contributed by atoms with Gasteiger partial charge in [0.05, 0.1) is 6.54 Å². The van der Waals surface area contributed by atoms with E-state index in [1.165, 1.54) is 12.1 Å². The molecule has 1 fully saturated rings. The summed E-state index contributed by atoms with van der Waals surface area (Å²) in [7, 11) is 0. The molecule has 2 N–H and O–H groups in total.